The summed E-state index contributed by atoms with van der Waals surface area (Å²) in [6.07, 6.45) is 4.49. The molecule has 0 bridgehead atoms. The topological polar surface area (TPSA) is 24.0 Å². The van der Waals surface area contributed by atoms with Crippen LogP contribution < -0.4 is 0 Å². The minimum atomic E-state index is 0.576. The van der Waals surface area contributed by atoms with E-state index in [-0.39, 0.29) is 0 Å². The van der Waals surface area contributed by atoms with Crippen molar-refractivity contribution in [1.29, 1.82) is 0 Å². The Morgan fingerprint density at radius 1 is 0.354 bits per heavy atom. The van der Waals surface area contributed by atoms with E-state index in [0.717, 1.165) is 5.82 Å². The molecule has 1 aliphatic rings. The first-order chi connectivity index (χ1) is 23.8. The van der Waals surface area contributed by atoms with Crippen LogP contribution in [0.1, 0.15) is 0 Å². The highest BCUT2D eigenvalue weighted by atomic mass is 15.2. The van der Waals surface area contributed by atoms with Gasteiger partial charge in [-0.25, -0.2) is 0 Å². The molecule has 1 aliphatic heterocycles. The third-order valence-electron chi connectivity index (χ3n) is 10.4. The Morgan fingerprint density at radius 2 is 0.708 bits per heavy atom. The fraction of sp³-hybridized carbons (Fsp3) is 0.0222. The lowest BCUT2D eigenvalue weighted by Gasteiger charge is -2.29. The van der Waals surface area contributed by atoms with Crippen LogP contribution in [0.25, 0.3) is 104 Å². The number of nitrogens with zero attached hydrogens (tertiary/aromatic N) is 3. The Hall–Kier alpha value is -6.32. The van der Waals surface area contributed by atoms with Gasteiger partial charge >= 0.3 is 0 Å². The van der Waals surface area contributed by atoms with Crippen LogP contribution >= 0.6 is 0 Å². The zero-order chi connectivity index (χ0) is 31.3. The van der Waals surface area contributed by atoms with E-state index in [1.807, 2.05) is 0 Å². The molecule has 8 aromatic carbocycles. The molecule has 0 saturated carbocycles. The molecule has 0 fully saturated rings. The number of benzene rings is 8. The molecule has 0 amide bonds. The van der Waals surface area contributed by atoms with Gasteiger partial charge in [0.15, 0.2) is 0 Å². The molecule has 0 spiro atoms. The van der Waals surface area contributed by atoms with Crippen LogP contribution in [0, 0.1) is 0 Å². The minimum Gasteiger partial charge on any atom is -0.459 e. The first kappa shape index (κ1) is 25.8. The molecule has 0 radical (unpaired) electrons. The molecular weight excluding hydrogens is 583 g/mol. The second-order valence-electron chi connectivity index (χ2n) is 12.9. The van der Waals surface area contributed by atoms with Crippen molar-refractivity contribution < 1.29 is 0 Å². The van der Waals surface area contributed by atoms with E-state index in [1.165, 1.54) is 92.4 Å². The summed E-state index contributed by atoms with van der Waals surface area (Å²) in [6.45, 7) is 0.576. The van der Waals surface area contributed by atoms with E-state index >= 15 is 0 Å². The van der Waals surface area contributed by atoms with Gasteiger partial charge in [0.2, 0.25) is 0 Å². The normalized spacial score (nSPS) is 13.8. The molecule has 2 aromatic heterocycles. The Bertz CT molecular complexity index is 2660. The molecule has 48 heavy (non-hydrogen) atoms. The summed E-state index contributed by atoms with van der Waals surface area (Å²) in [7, 11) is 0. The number of fused-ring (bicyclic) bond motifs is 14. The smallest absolute Gasteiger partial charge is 0.0544 e. The molecule has 10 aromatic rings. The van der Waals surface area contributed by atoms with Gasteiger partial charge in [-0.3, -0.25) is 0 Å². The number of allylic oxidation sites excluding steroid dienone is 2. The first-order valence-electron chi connectivity index (χ1n) is 16.6. The zero-order valence-electron chi connectivity index (χ0n) is 26.1. The van der Waals surface area contributed by atoms with Crippen molar-refractivity contribution in [3.63, 3.8) is 0 Å². The summed E-state index contributed by atoms with van der Waals surface area (Å²) >= 11 is 0. The number of hydrogen-bond acceptors (Lipinski definition) is 0. The van der Waals surface area contributed by atoms with Crippen LogP contribution in [-0.4, -0.2) is 15.7 Å². The maximum absolute atomic E-state index is 5.34. The quantitative estimate of drug-likeness (QED) is 0.186. The molecule has 224 valence electrons. The molecule has 0 unspecified atom stereocenters. The van der Waals surface area contributed by atoms with Crippen molar-refractivity contribution >= 4 is 98.2 Å². The Kier molecular flexibility index (Phi) is 5.17. The second kappa shape index (κ2) is 9.60. The van der Waals surface area contributed by atoms with E-state index in [4.69, 9.17) is 5.32 Å². The fourth-order valence-corrected chi connectivity index (χ4v) is 8.38. The summed E-state index contributed by atoms with van der Waals surface area (Å²) in [5, 5.41) is 20.6. The largest absolute Gasteiger partial charge is 0.459 e. The summed E-state index contributed by atoms with van der Waals surface area (Å²) in [4.78, 5) is 0. The standard InChI is InChI=1S/C45H28N3/c1-5-13-33-28(9-1)17-22-37-42(33)43-34-14-6-2-10-29(34)18-23-38(43)47(37)32-21-26-41(46-27-32)48-39-24-19-30-11-3-7-15-35(30)44(39)45-36-16-8-4-12-31(36)20-25-40(45)48/h1-26H,27H2/q-1. The molecule has 3 heterocycles. The lowest BCUT2D eigenvalue weighted by molar-refractivity contribution is 1.12. The van der Waals surface area contributed by atoms with Crippen molar-refractivity contribution in [3.8, 4) is 0 Å². The van der Waals surface area contributed by atoms with Crippen molar-refractivity contribution in [2.75, 3.05) is 6.54 Å². The summed E-state index contributed by atoms with van der Waals surface area (Å²) in [5.74, 6) is 0.959. The third kappa shape index (κ3) is 3.42. The molecular formula is C45H28N3-. The molecule has 3 heteroatoms. The van der Waals surface area contributed by atoms with Gasteiger partial charge in [0, 0.05) is 16.5 Å². The van der Waals surface area contributed by atoms with Crippen molar-refractivity contribution in [1.82, 2.24) is 9.13 Å². The maximum Gasteiger partial charge on any atom is 0.0544 e. The van der Waals surface area contributed by atoms with E-state index < -0.39 is 0 Å². The van der Waals surface area contributed by atoms with Crippen molar-refractivity contribution in [2.45, 2.75) is 0 Å². The third-order valence-corrected chi connectivity index (χ3v) is 10.4. The van der Waals surface area contributed by atoms with Gasteiger partial charge in [-0.1, -0.05) is 145 Å². The predicted molar refractivity (Wildman–Crippen MR) is 206 cm³/mol. The zero-order valence-corrected chi connectivity index (χ0v) is 26.1. The van der Waals surface area contributed by atoms with E-state index in [0.29, 0.717) is 6.54 Å². The van der Waals surface area contributed by atoms with Gasteiger partial charge in [0.25, 0.3) is 0 Å². The van der Waals surface area contributed by atoms with E-state index in [2.05, 4.69) is 167 Å². The molecule has 0 N–H and O–H groups in total. The highest BCUT2D eigenvalue weighted by molar-refractivity contribution is 6.30. The summed E-state index contributed by atoms with van der Waals surface area (Å²) < 4.78 is 4.80. The van der Waals surface area contributed by atoms with E-state index in [1.54, 1.807) is 0 Å². The summed E-state index contributed by atoms with van der Waals surface area (Å²) in [5.41, 5.74) is 5.96. The van der Waals surface area contributed by atoms with Gasteiger partial charge < -0.3 is 14.5 Å². The van der Waals surface area contributed by atoms with Gasteiger partial charge in [0.1, 0.15) is 0 Å². The van der Waals surface area contributed by atoms with Crippen LogP contribution in [0.15, 0.2) is 158 Å². The van der Waals surface area contributed by atoms with E-state index in [9.17, 15) is 0 Å². The second-order valence-corrected chi connectivity index (χ2v) is 12.9. The number of hydrogen-bond donors (Lipinski definition) is 0. The van der Waals surface area contributed by atoms with Crippen molar-refractivity contribution in [3.05, 3.63) is 163 Å². The average molecular weight is 611 g/mol. The van der Waals surface area contributed by atoms with Gasteiger partial charge in [-0.15, -0.1) is 0 Å². The molecule has 0 aliphatic carbocycles. The molecule has 0 atom stereocenters. The Labute approximate surface area is 276 Å². The highest BCUT2D eigenvalue weighted by Crippen LogP contribution is 2.44. The summed E-state index contributed by atoms with van der Waals surface area (Å²) in [6, 6.07) is 53.1. The molecule has 3 nitrogen and oxygen atoms in total. The van der Waals surface area contributed by atoms with Crippen LogP contribution in [0.2, 0.25) is 0 Å². The SMILES string of the molecule is C1=C(n2c3ccc4ccccc4c3c3c4ccccc4ccc32)C[N-]C(n2c3ccc4ccccc4c3c3c4ccccc4ccc32)=C1. The van der Waals surface area contributed by atoms with Crippen LogP contribution in [0.3, 0.4) is 0 Å². The van der Waals surface area contributed by atoms with Gasteiger partial charge in [0.05, 0.1) is 11.0 Å². The van der Waals surface area contributed by atoms with Crippen molar-refractivity contribution in [2.24, 2.45) is 0 Å². The average Bonchev–Trinajstić information content (AvgIpc) is 3.69. The fourth-order valence-electron chi connectivity index (χ4n) is 8.38. The lowest BCUT2D eigenvalue weighted by Crippen LogP contribution is -2.07. The monoisotopic (exact) mass is 610 g/mol. The molecule has 0 saturated heterocycles. The number of rotatable bonds is 2. The maximum atomic E-state index is 5.34. The van der Waals surface area contributed by atoms with Crippen LogP contribution in [0.4, 0.5) is 0 Å². The van der Waals surface area contributed by atoms with Gasteiger partial charge in [-0.05, 0) is 89.6 Å². The van der Waals surface area contributed by atoms with Gasteiger partial charge in [-0.2, -0.15) is 0 Å². The van der Waals surface area contributed by atoms with Crippen LogP contribution in [-0.2, 0) is 0 Å². The minimum absolute atomic E-state index is 0.576. The predicted octanol–water partition coefficient (Wildman–Crippen LogP) is 12.2. The highest BCUT2D eigenvalue weighted by Gasteiger charge is 2.19. The number of aromatic nitrogens is 2. The van der Waals surface area contributed by atoms with Crippen LogP contribution in [0.5, 0.6) is 0 Å². The molecule has 11 rings (SSSR count). The Balaban J connectivity index is 1.19. The first-order valence-corrected chi connectivity index (χ1v) is 16.6. The lowest BCUT2D eigenvalue weighted by atomic mass is 10.00. The Morgan fingerprint density at radius 3 is 1.06 bits per heavy atom.